The minimum atomic E-state index is -4.39. The van der Waals surface area contributed by atoms with Crippen molar-refractivity contribution in [2.45, 2.75) is 6.18 Å². The molecule has 0 unspecified atom stereocenters. The molecule has 19 heavy (non-hydrogen) atoms. The van der Waals surface area contributed by atoms with E-state index in [4.69, 9.17) is 5.73 Å². The normalized spacial score (nSPS) is 11.4. The molecule has 0 saturated heterocycles. The number of nitrogens with zero attached hydrogens (tertiary/aromatic N) is 1. The van der Waals surface area contributed by atoms with E-state index in [1.807, 2.05) is 0 Å². The van der Waals surface area contributed by atoms with Gasteiger partial charge in [0, 0.05) is 10.7 Å². The van der Waals surface area contributed by atoms with Gasteiger partial charge in [-0.2, -0.15) is 13.2 Å². The Morgan fingerprint density at radius 2 is 1.89 bits per heavy atom. The Morgan fingerprint density at radius 3 is 2.53 bits per heavy atom. The Bertz CT molecular complexity index is 599. The van der Waals surface area contributed by atoms with E-state index in [2.05, 4.69) is 26.2 Å². The highest BCUT2D eigenvalue weighted by atomic mass is 79.9. The van der Waals surface area contributed by atoms with E-state index < -0.39 is 11.7 Å². The predicted molar refractivity (Wildman–Crippen MR) is 71.1 cm³/mol. The molecule has 7 heteroatoms. The first-order valence-electron chi connectivity index (χ1n) is 5.21. The Labute approximate surface area is 115 Å². The molecule has 0 spiro atoms. The lowest BCUT2D eigenvalue weighted by molar-refractivity contribution is -0.137. The van der Waals surface area contributed by atoms with Gasteiger partial charge in [-0.05, 0) is 40.2 Å². The molecule has 1 aromatic carbocycles. The van der Waals surface area contributed by atoms with Crippen LogP contribution in [-0.2, 0) is 6.18 Å². The van der Waals surface area contributed by atoms with Crippen LogP contribution < -0.4 is 11.1 Å². The largest absolute Gasteiger partial charge is 0.416 e. The number of nitrogens with one attached hydrogen (secondary N) is 1. The van der Waals surface area contributed by atoms with E-state index >= 15 is 0 Å². The number of hydrogen-bond acceptors (Lipinski definition) is 3. The van der Waals surface area contributed by atoms with Gasteiger partial charge in [-0.3, -0.25) is 4.98 Å². The summed E-state index contributed by atoms with van der Waals surface area (Å²) in [5, 5.41) is 2.84. The minimum absolute atomic E-state index is 0.285. The molecule has 2 rings (SSSR count). The molecule has 0 aliphatic carbocycles. The lowest BCUT2D eigenvalue weighted by Crippen LogP contribution is -2.06. The Morgan fingerprint density at radius 1 is 1.16 bits per heavy atom. The first-order valence-corrected chi connectivity index (χ1v) is 6.00. The third-order valence-corrected chi connectivity index (χ3v) is 3.11. The van der Waals surface area contributed by atoms with Crippen LogP contribution in [0, 0.1) is 0 Å². The smallest absolute Gasteiger partial charge is 0.396 e. The van der Waals surface area contributed by atoms with Crippen LogP contribution in [0.15, 0.2) is 41.1 Å². The summed E-state index contributed by atoms with van der Waals surface area (Å²) in [5.74, 6) is 0. The summed E-state index contributed by atoms with van der Waals surface area (Å²) in [5.41, 5.74) is 6.08. The monoisotopic (exact) mass is 331 g/mol. The molecule has 1 aromatic heterocycles. The van der Waals surface area contributed by atoms with Gasteiger partial charge >= 0.3 is 6.18 Å². The van der Waals surface area contributed by atoms with Gasteiger partial charge in [-0.15, -0.1) is 0 Å². The van der Waals surface area contributed by atoms with Gasteiger partial charge in [0.2, 0.25) is 0 Å². The standard InChI is InChI=1S/C12H9BrF3N3/c13-8-2-1-7(12(14,15)16)5-11(8)19-10-3-4-18-6-9(10)17/h1-6H,17H2,(H,18,19). The summed E-state index contributed by atoms with van der Waals surface area (Å²) in [6.45, 7) is 0. The van der Waals surface area contributed by atoms with Crippen molar-refractivity contribution < 1.29 is 13.2 Å². The second-order valence-electron chi connectivity index (χ2n) is 3.78. The van der Waals surface area contributed by atoms with E-state index in [1.54, 1.807) is 6.07 Å². The van der Waals surface area contributed by atoms with Crippen LogP contribution in [0.1, 0.15) is 5.56 Å². The maximum atomic E-state index is 12.6. The fourth-order valence-corrected chi connectivity index (χ4v) is 1.81. The Balaban J connectivity index is 2.38. The summed E-state index contributed by atoms with van der Waals surface area (Å²) < 4.78 is 38.4. The summed E-state index contributed by atoms with van der Waals surface area (Å²) >= 11 is 3.19. The number of hydrogen-bond donors (Lipinski definition) is 2. The predicted octanol–water partition coefficient (Wildman–Crippen LogP) is 4.19. The fraction of sp³-hybridized carbons (Fsp3) is 0.0833. The van der Waals surface area contributed by atoms with Crippen LogP contribution in [0.4, 0.5) is 30.2 Å². The van der Waals surface area contributed by atoms with Crippen molar-refractivity contribution in [3.63, 3.8) is 0 Å². The fourth-order valence-electron chi connectivity index (χ4n) is 1.46. The zero-order chi connectivity index (χ0) is 14.0. The van der Waals surface area contributed by atoms with Gasteiger partial charge < -0.3 is 11.1 Å². The number of halogens is 4. The van der Waals surface area contributed by atoms with Gasteiger partial charge in [0.15, 0.2) is 0 Å². The van der Waals surface area contributed by atoms with E-state index in [-0.39, 0.29) is 5.69 Å². The SMILES string of the molecule is Nc1cnccc1Nc1cc(C(F)(F)F)ccc1Br. The number of rotatable bonds is 2. The first kappa shape index (κ1) is 13.7. The molecule has 0 fully saturated rings. The Hall–Kier alpha value is -1.76. The molecule has 2 aromatic rings. The second kappa shape index (κ2) is 5.08. The first-order chi connectivity index (χ1) is 8.88. The lowest BCUT2D eigenvalue weighted by atomic mass is 10.2. The van der Waals surface area contributed by atoms with E-state index in [1.165, 1.54) is 18.5 Å². The highest BCUT2D eigenvalue weighted by Crippen LogP contribution is 2.35. The highest BCUT2D eigenvalue weighted by molar-refractivity contribution is 9.10. The third kappa shape index (κ3) is 3.17. The van der Waals surface area contributed by atoms with Gasteiger partial charge in [-0.1, -0.05) is 0 Å². The van der Waals surface area contributed by atoms with E-state index in [0.29, 0.717) is 15.8 Å². The van der Waals surface area contributed by atoms with E-state index in [0.717, 1.165) is 12.1 Å². The molecule has 0 bridgehead atoms. The van der Waals surface area contributed by atoms with Crippen molar-refractivity contribution in [2.24, 2.45) is 0 Å². The maximum absolute atomic E-state index is 12.6. The average Bonchev–Trinajstić information content (AvgIpc) is 2.33. The van der Waals surface area contributed by atoms with Crippen LogP contribution in [-0.4, -0.2) is 4.98 Å². The second-order valence-corrected chi connectivity index (χ2v) is 4.63. The number of benzene rings is 1. The van der Waals surface area contributed by atoms with Crippen molar-refractivity contribution in [2.75, 3.05) is 11.1 Å². The molecule has 0 aliphatic heterocycles. The molecule has 0 saturated carbocycles. The molecule has 3 nitrogen and oxygen atoms in total. The number of alkyl halides is 3. The minimum Gasteiger partial charge on any atom is -0.396 e. The van der Waals surface area contributed by atoms with Gasteiger partial charge in [-0.25, -0.2) is 0 Å². The number of nitrogens with two attached hydrogens (primary N) is 1. The molecule has 0 atom stereocenters. The van der Waals surface area contributed by atoms with Crippen LogP contribution >= 0.6 is 15.9 Å². The van der Waals surface area contributed by atoms with Gasteiger partial charge in [0.05, 0.1) is 28.8 Å². The molecular formula is C12H9BrF3N3. The topological polar surface area (TPSA) is 50.9 Å². The number of aromatic nitrogens is 1. The van der Waals surface area contributed by atoms with Gasteiger partial charge in [0.25, 0.3) is 0 Å². The zero-order valence-corrected chi connectivity index (χ0v) is 11.1. The van der Waals surface area contributed by atoms with Crippen LogP contribution in [0.25, 0.3) is 0 Å². The van der Waals surface area contributed by atoms with Crippen LogP contribution in [0.5, 0.6) is 0 Å². The average molecular weight is 332 g/mol. The maximum Gasteiger partial charge on any atom is 0.416 e. The number of nitrogen functional groups attached to an aromatic ring is 1. The lowest BCUT2D eigenvalue weighted by Gasteiger charge is -2.13. The molecule has 1 heterocycles. The van der Waals surface area contributed by atoms with Crippen molar-refractivity contribution in [3.8, 4) is 0 Å². The molecule has 0 aliphatic rings. The van der Waals surface area contributed by atoms with E-state index in [9.17, 15) is 13.2 Å². The van der Waals surface area contributed by atoms with Crippen LogP contribution in [0.2, 0.25) is 0 Å². The Kier molecular flexibility index (Phi) is 3.66. The van der Waals surface area contributed by atoms with Crippen molar-refractivity contribution in [3.05, 3.63) is 46.7 Å². The summed E-state index contributed by atoms with van der Waals surface area (Å²) in [6.07, 6.45) is -1.47. The number of anilines is 3. The van der Waals surface area contributed by atoms with Crippen LogP contribution in [0.3, 0.4) is 0 Å². The van der Waals surface area contributed by atoms with Crippen molar-refractivity contribution in [1.29, 1.82) is 0 Å². The summed E-state index contributed by atoms with van der Waals surface area (Å²) in [6, 6.07) is 4.94. The molecular weight excluding hydrogens is 323 g/mol. The number of pyridine rings is 1. The molecule has 0 radical (unpaired) electrons. The zero-order valence-electron chi connectivity index (χ0n) is 9.50. The summed E-state index contributed by atoms with van der Waals surface area (Å²) in [7, 11) is 0. The summed E-state index contributed by atoms with van der Waals surface area (Å²) in [4.78, 5) is 3.81. The molecule has 100 valence electrons. The molecule has 3 N–H and O–H groups in total. The highest BCUT2D eigenvalue weighted by Gasteiger charge is 2.30. The molecule has 0 amide bonds. The van der Waals surface area contributed by atoms with Gasteiger partial charge in [0.1, 0.15) is 0 Å². The third-order valence-electron chi connectivity index (χ3n) is 2.41. The van der Waals surface area contributed by atoms with Crippen molar-refractivity contribution in [1.82, 2.24) is 4.98 Å². The quantitative estimate of drug-likeness (QED) is 0.867. The van der Waals surface area contributed by atoms with Crippen molar-refractivity contribution >= 4 is 33.0 Å².